The first-order chi connectivity index (χ1) is 13.5. The molecule has 9 heteroatoms. The van der Waals surface area contributed by atoms with Gasteiger partial charge in [-0.05, 0) is 51.8 Å². The molecule has 0 spiro atoms. The fraction of sp³-hybridized carbons (Fsp3) is 0.550. The summed E-state index contributed by atoms with van der Waals surface area (Å²) in [6.07, 6.45) is 0.915. The highest BCUT2D eigenvalue weighted by atomic mass is 35.5. The van der Waals surface area contributed by atoms with E-state index in [1.54, 1.807) is 43.9 Å². The van der Waals surface area contributed by atoms with E-state index in [4.69, 9.17) is 27.9 Å². The maximum Gasteiger partial charge on any atom is 0.407 e. The molecule has 2 N–H and O–H groups in total. The molecular weight excluding hydrogens is 417 g/mol. The number of hydrogen-bond donors (Lipinski definition) is 2. The van der Waals surface area contributed by atoms with E-state index in [1.165, 1.54) is 0 Å². The average molecular weight is 444 g/mol. The topological polar surface area (TPSA) is 87.7 Å². The van der Waals surface area contributed by atoms with Crippen molar-refractivity contribution in [1.29, 1.82) is 0 Å². The van der Waals surface area contributed by atoms with Gasteiger partial charge in [0.1, 0.15) is 5.60 Å². The molecule has 2 rings (SSSR count). The van der Waals surface area contributed by atoms with Crippen molar-refractivity contribution in [2.45, 2.75) is 51.7 Å². The molecule has 29 heavy (non-hydrogen) atoms. The Morgan fingerprint density at radius 3 is 2.45 bits per heavy atom. The van der Waals surface area contributed by atoms with Crippen LogP contribution in [-0.2, 0) is 9.53 Å². The Hall–Kier alpha value is -1.99. The number of nitrogens with zero attached hydrogens (tertiary/aromatic N) is 1. The Labute approximate surface area is 181 Å². The van der Waals surface area contributed by atoms with Crippen LogP contribution in [0.25, 0.3) is 0 Å². The normalized spacial score (nSPS) is 15.0. The maximum absolute atomic E-state index is 12.6. The standard InChI is InChI=1S/C20H27Cl2N3O4/c1-20(2,3)29-19(28)23-9-6-17(26)24-14-7-10-25(11-8-14)18(27)15-12-13(21)4-5-16(15)22/h4-5,12,14H,6-11H2,1-3H3,(H,23,28)(H,24,26). The highest BCUT2D eigenvalue weighted by molar-refractivity contribution is 6.35. The van der Waals surface area contributed by atoms with Gasteiger partial charge in [-0.1, -0.05) is 23.2 Å². The Morgan fingerprint density at radius 2 is 1.83 bits per heavy atom. The summed E-state index contributed by atoms with van der Waals surface area (Å²) >= 11 is 12.1. The fourth-order valence-electron chi connectivity index (χ4n) is 2.95. The average Bonchev–Trinajstić information content (AvgIpc) is 2.62. The van der Waals surface area contributed by atoms with E-state index in [-0.39, 0.29) is 30.8 Å². The zero-order valence-electron chi connectivity index (χ0n) is 16.9. The Bertz CT molecular complexity index is 757. The Morgan fingerprint density at radius 1 is 1.17 bits per heavy atom. The number of rotatable bonds is 5. The second-order valence-electron chi connectivity index (χ2n) is 7.94. The van der Waals surface area contributed by atoms with Crippen molar-refractivity contribution in [3.8, 4) is 0 Å². The number of likely N-dealkylation sites (tertiary alicyclic amines) is 1. The fourth-order valence-corrected chi connectivity index (χ4v) is 3.32. The summed E-state index contributed by atoms with van der Waals surface area (Å²) in [6.45, 7) is 6.56. The smallest absolute Gasteiger partial charge is 0.407 e. The van der Waals surface area contributed by atoms with E-state index < -0.39 is 11.7 Å². The minimum Gasteiger partial charge on any atom is -0.444 e. The van der Waals surface area contributed by atoms with Crippen LogP contribution in [0.4, 0.5) is 4.79 Å². The number of carbonyl (C=O) groups is 3. The Kier molecular flexibility index (Phi) is 8.16. The third kappa shape index (κ3) is 7.74. The van der Waals surface area contributed by atoms with Gasteiger partial charge >= 0.3 is 6.09 Å². The highest BCUT2D eigenvalue weighted by Gasteiger charge is 2.26. The molecule has 0 unspecified atom stereocenters. The van der Waals surface area contributed by atoms with Crippen molar-refractivity contribution in [3.63, 3.8) is 0 Å². The first-order valence-electron chi connectivity index (χ1n) is 9.55. The van der Waals surface area contributed by atoms with E-state index in [2.05, 4.69) is 10.6 Å². The van der Waals surface area contributed by atoms with Crippen LogP contribution in [-0.4, -0.2) is 54.1 Å². The number of alkyl carbamates (subject to hydrolysis) is 1. The minimum atomic E-state index is -0.576. The lowest BCUT2D eigenvalue weighted by molar-refractivity contribution is -0.121. The number of nitrogens with one attached hydrogen (secondary N) is 2. The van der Waals surface area contributed by atoms with E-state index in [0.29, 0.717) is 41.5 Å². The van der Waals surface area contributed by atoms with Gasteiger partial charge in [0.05, 0.1) is 10.6 Å². The molecular formula is C20H27Cl2N3O4. The van der Waals surface area contributed by atoms with Gasteiger partial charge in [0.15, 0.2) is 0 Å². The number of piperidine rings is 1. The summed E-state index contributed by atoms with van der Waals surface area (Å²) in [4.78, 5) is 38.0. The van der Waals surface area contributed by atoms with Gasteiger partial charge in [0, 0.05) is 37.1 Å². The molecule has 1 aliphatic rings. The van der Waals surface area contributed by atoms with Crippen LogP contribution in [0.15, 0.2) is 18.2 Å². The lowest BCUT2D eigenvalue weighted by Crippen LogP contribution is -2.47. The van der Waals surface area contributed by atoms with E-state index in [1.807, 2.05) is 0 Å². The molecule has 7 nitrogen and oxygen atoms in total. The van der Waals surface area contributed by atoms with E-state index in [0.717, 1.165) is 0 Å². The number of ether oxygens (including phenoxy) is 1. The van der Waals surface area contributed by atoms with Crippen molar-refractivity contribution < 1.29 is 19.1 Å². The first kappa shape index (κ1) is 23.3. The number of halogens is 2. The van der Waals surface area contributed by atoms with Gasteiger partial charge in [-0.15, -0.1) is 0 Å². The monoisotopic (exact) mass is 443 g/mol. The van der Waals surface area contributed by atoms with Gasteiger partial charge in [-0.2, -0.15) is 0 Å². The molecule has 0 atom stereocenters. The van der Waals surface area contributed by atoms with Crippen molar-refractivity contribution in [2.75, 3.05) is 19.6 Å². The zero-order chi connectivity index (χ0) is 21.6. The predicted octanol–water partition coefficient (Wildman–Crippen LogP) is 3.63. The zero-order valence-corrected chi connectivity index (χ0v) is 18.4. The van der Waals surface area contributed by atoms with Gasteiger partial charge in [-0.25, -0.2) is 4.79 Å². The summed E-state index contributed by atoms with van der Waals surface area (Å²) in [5, 5.41) is 6.33. The molecule has 1 heterocycles. The SMILES string of the molecule is CC(C)(C)OC(=O)NCCC(=O)NC1CCN(C(=O)c2cc(Cl)ccc2Cl)CC1. The van der Waals surface area contributed by atoms with Gasteiger partial charge in [0.25, 0.3) is 5.91 Å². The van der Waals surface area contributed by atoms with E-state index in [9.17, 15) is 14.4 Å². The lowest BCUT2D eigenvalue weighted by atomic mass is 10.0. The van der Waals surface area contributed by atoms with E-state index >= 15 is 0 Å². The molecule has 0 bridgehead atoms. The van der Waals surface area contributed by atoms with Gasteiger partial charge in [0.2, 0.25) is 5.91 Å². The van der Waals surface area contributed by atoms with Crippen LogP contribution in [0.2, 0.25) is 10.0 Å². The number of hydrogen-bond acceptors (Lipinski definition) is 4. The summed E-state index contributed by atoms with van der Waals surface area (Å²) in [7, 11) is 0. The molecule has 0 saturated carbocycles. The third-order valence-electron chi connectivity index (χ3n) is 4.33. The molecule has 0 aliphatic carbocycles. The van der Waals surface area contributed by atoms with Crippen LogP contribution < -0.4 is 10.6 Å². The van der Waals surface area contributed by atoms with Crippen LogP contribution >= 0.6 is 23.2 Å². The molecule has 1 aromatic rings. The maximum atomic E-state index is 12.6. The number of benzene rings is 1. The predicted molar refractivity (Wildman–Crippen MR) is 112 cm³/mol. The van der Waals surface area contributed by atoms with Gasteiger partial charge in [-0.3, -0.25) is 9.59 Å². The highest BCUT2D eigenvalue weighted by Crippen LogP contribution is 2.23. The van der Waals surface area contributed by atoms with Crippen molar-refractivity contribution in [2.24, 2.45) is 0 Å². The van der Waals surface area contributed by atoms with Crippen molar-refractivity contribution in [1.82, 2.24) is 15.5 Å². The molecule has 0 radical (unpaired) electrons. The Balaban J connectivity index is 1.72. The second-order valence-corrected chi connectivity index (χ2v) is 8.78. The molecule has 3 amide bonds. The molecule has 1 fully saturated rings. The number of carbonyl (C=O) groups excluding carboxylic acids is 3. The molecule has 1 aromatic carbocycles. The summed E-state index contributed by atoms with van der Waals surface area (Å²) in [6, 6.07) is 4.80. The summed E-state index contributed by atoms with van der Waals surface area (Å²) in [5.74, 6) is -0.312. The van der Waals surface area contributed by atoms with Crippen LogP contribution in [0.1, 0.15) is 50.4 Å². The van der Waals surface area contributed by atoms with Gasteiger partial charge < -0.3 is 20.3 Å². The molecule has 160 valence electrons. The van der Waals surface area contributed by atoms with Crippen LogP contribution in [0, 0.1) is 0 Å². The van der Waals surface area contributed by atoms with Crippen molar-refractivity contribution in [3.05, 3.63) is 33.8 Å². The minimum absolute atomic E-state index is 0.0112. The second kappa shape index (κ2) is 10.2. The largest absolute Gasteiger partial charge is 0.444 e. The summed E-state index contributed by atoms with van der Waals surface area (Å²) in [5.41, 5.74) is -0.192. The molecule has 1 saturated heterocycles. The third-order valence-corrected chi connectivity index (χ3v) is 4.89. The number of amides is 3. The molecule has 1 aliphatic heterocycles. The van der Waals surface area contributed by atoms with Crippen LogP contribution in [0.3, 0.4) is 0 Å². The first-order valence-corrected chi connectivity index (χ1v) is 10.3. The van der Waals surface area contributed by atoms with Crippen LogP contribution in [0.5, 0.6) is 0 Å². The molecule has 0 aromatic heterocycles. The van der Waals surface area contributed by atoms with Crippen molar-refractivity contribution >= 4 is 41.1 Å². The lowest BCUT2D eigenvalue weighted by Gasteiger charge is -2.32. The summed E-state index contributed by atoms with van der Waals surface area (Å²) < 4.78 is 5.12. The quantitative estimate of drug-likeness (QED) is 0.726.